The van der Waals surface area contributed by atoms with Crippen LogP contribution in [0.3, 0.4) is 0 Å². The zero-order valence-electron chi connectivity index (χ0n) is 27.4. The summed E-state index contributed by atoms with van der Waals surface area (Å²) in [5.41, 5.74) is 3.67. The zero-order chi connectivity index (χ0) is 33.1. The molecule has 0 bridgehead atoms. The maximum Gasteiger partial charge on any atom is 0.243 e. The molecule has 47 heavy (non-hydrogen) atoms. The molecule has 8 heteroatoms. The minimum absolute atomic E-state index is 0.00215. The quantitative estimate of drug-likeness (QED) is 0.143. The highest BCUT2D eigenvalue weighted by Crippen LogP contribution is 2.35. The summed E-state index contributed by atoms with van der Waals surface area (Å²) in [7, 11) is -1.03. The number of amides is 1. The Morgan fingerprint density at radius 3 is 1.83 bits per heavy atom. The van der Waals surface area contributed by atoms with Crippen molar-refractivity contribution >= 4 is 15.9 Å². The Morgan fingerprint density at radius 1 is 0.766 bits per heavy atom. The van der Waals surface area contributed by atoms with Gasteiger partial charge in [0.1, 0.15) is 6.04 Å². The Morgan fingerprint density at radius 2 is 1.30 bits per heavy atom. The second kappa shape index (κ2) is 16.6. The van der Waals surface area contributed by atoms with Crippen molar-refractivity contribution in [3.8, 4) is 11.5 Å². The molecule has 7 nitrogen and oxygen atoms in total. The Balaban J connectivity index is 1.35. The van der Waals surface area contributed by atoms with Gasteiger partial charge in [0.05, 0.1) is 19.1 Å². The van der Waals surface area contributed by atoms with Gasteiger partial charge in [0.25, 0.3) is 0 Å². The predicted molar refractivity (Wildman–Crippen MR) is 186 cm³/mol. The van der Waals surface area contributed by atoms with Crippen molar-refractivity contribution in [2.45, 2.75) is 68.3 Å². The van der Waals surface area contributed by atoms with Crippen LogP contribution in [-0.2, 0) is 34.1 Å². The molecule has 4 aromatic carbocycles. The first-order valence-corrected chi connectivity index (χ1v) is 18.0. The number of nitrogens with one attached hydrogen (secondary N) is 1. The number of sulfonamides is 1. The van der Waals surface area contributed by atoms with E-state index < -0.39 is 16.1 Å². The summed E-state index contributed by atoms with van der Waals surface area (Å²) < 4.78 is 40.6. The average Bonchev–Trinajstić information content (AvgIpc) is 3.54. The molecule has 0 saturated carbocycles. The van der Waals surface area contributed by atoms with Gasteiger partial charge in [-0.1, -0.05) is 91.0 Å². The van der Waals surface area contributed by atoms with Gasteiger partial charge < -0.3 is 14.8 Å². The van der Waals surface area contributed by atoms with Crippen molar-refractivity contribution in [3.63, 3.8) is 0 Å². The fraction of sp³-hybridized carbons (Fsp3) is 0.359. The van der Waals surface area contributed by atoms with Crippen LogP contribution < -0.4 is 14.8 Å². The number of hydrogen-bond acceptors (Lipinski definition) is 5. The van der Waals surface area contributed by atoms with Gasteiger partial charge in [-0.05, 0) is 86.1 Å². The fourth-order valence-electron chi connectivity index (χ4n) is 6.58. The number of ether oxygens (including phenoxy) is 2. The SMILES string of the molecule is COc1ccc(S(=O)(=O)N2C[C@H](Cc3ccccc3)C[C@H]2C(=O)NC(CCCc2ccccc2)CCCc2ccccc2)cc1OC. The van der Waals surface area contributed by atoms with Gasteiger partial charge in [-0.25, -0.2) is 8.42 Å². The molecular weight excluding hydrogens is 609 g/mol. The lowest BCUT2D eigenvalue weighted by Gasteiger charge is -2.26. The van der Waals surface area contributed by atoms with Gasteiger partial charge in [0, 0.05) is 18.7 Å². The Bertz CT molecular complexity index is 1620. The van der Waals surface area contributed by atoms with E-state index in [4.69, 9.17) is 9.47 Å². The summed E-state index contributed by atoms with van der Waals surface area (Å²) in [5, 5.41) is 3.32. The highest BCUT2D eigenvalue weighted by atomic mass is 32.2. The van der Waals surface area contributed by atoms with Crippen LogP contribution >= 0.6 is 0 Å². The van der Waals surface area contributed by atoms with E-state index in [1.165, 1.54) is 41.8 Å². The van der Waals surface area contributed by atoms with E-state index in [2.05, 4.69) is 41.7 Å². The maximum atomic E-state index is 14.2. The van der Waals surface area contributed by atoms with Crippen LogP contribution in [0.1, 0.15) is 48.8 Å². The topological polar surface area (TPSA) is 84.9 Å². The summed E-state index contributed by atoms with van der Waals surface area (Å²) in [6.45, 7) is 0.260. The van der Waals surface area contributed by atoms with Crippen LogP contribution in [0.2, 0.25) is 0 Å². The van der Waals surface area contributed by atoms with Crippen molar-refractivity contribution in [3.05, 3.63) is 126 Å². The molecule has 1 heterocycles. The third-order valence-electron chi connectivity index (χ3n) is 9.04. The monoisotopic (exact) mass is 654 g/mol. The first kappa shape index (κ1) is 34.2. The van der Waals surface area contributed by atoms with Gasteiger partial charge in [-0.3, -0.25) is 4.79 Å². The summed E-state index contributed by atoms with van der Waals surface area (Å²) in [4.78, 5) is 14.2. The molecule has 0 aliphatic carbocycles. The molecule has 248 valence electrons. The molecule has 0 unspecified atom stereocenters. The van der Waals surface area contributed by atoms with E-state index >= 15 is 0 Å². The number of nitrogens with zero attached hydrogens (tertiary/aromatic N) is 1. The summed E-state index contributed by atoms with van der Waals surface area (Å²) in [6.07, 6.45) is 6.48. The number of benzene rings is 4. The minimum Gasteiger partial charge on any atom is -0.493 e. The third kappa shape index (κ3) is 9.24. The molecule has 0 spiro atoms. The third-order valence-corrected chi connectivity index (χ3v) is 10.9. The van der Waals surface area contributed by atoms with E-state index in [-0.39, 0.29) is 29.3 Å². The highest BCUT2D eigenvalue weighted by molar-refractivity contribution is 7.89. The standard InChI is InChI=1S/C39H46N2O5S/c1-45-37-25-24-35(28-38(37)46-2)47(43,44)41-29-33(26-32-18-10-5-11-19-32)27-36(41)39(42)40-34(22-12-20-30-14-6-3-7-15-30)23-13-21-31-16-8-4-9-17-31/h3-11,14-19,24-25,28,33-34,36H,12-13,20-23,26-27,29H2,1-2H3,(H,40,42)/t33-,36+/m1/s1. The Kier molecular flexibility index (Phi) is 12.1. The van der Waals surface area contributed by atoms with E-state index in [0.717, 1.165) is 44.1 Å². The first-order chi connectivity index (χ1) is 22.9. The maximum absolute atomic E-state index is 14.2. The van der Waals surface area contributed by atoms with E-state index in [1.54, 1.807) is 6.07 Å². The Labute approximate surface area is 280 Å². The molecule has 1 amide bonds. The number of rotatable bonds is 16. The number of carbonyl (C=O) groups excluding carboxylic acids is 1. The van der Waals surface area contributed by atoms with Crippen molar-refractivity contribution in [2.75, 3.05) is 20.8 Å². The van der Waals surface area contributed by atoms with Gasteiger partial charge in [-0.2, -0.15) is 4.31 Å². The smallest absolute Gasteiger partial charge is 0.243 e. The number of hydrogen-bond donors (Lipinski definition) is 1. The molecule has 1 aliphatic rings. The zero-order valence-corrected chi connectivity index (χ0v) is 28.2. The van der Waals surface area contributed by atoms with Crippen molar-refractivity contribution in [1.82, 2.24) is 9.62 Å². The Hall–Kier alpha value is -4.14. The van der Waals surface area contributed by atoms with Gasteiger partial charge in [0.2, 0.25) is 15.9 Å². The molecule has 5 rings (SSSR count). The van der Waals surface area contributed by atoms with Crippen LogP contribution in [0, 0.1) is 5.92 Å². The van der Waals surface area contributed by atoms with Crippen molar-refractivity contribution in [1.29, 1.82) is 0 Å². The number of aryl methyl sites for hydroxylation is 2. The van der Waals surface area contributed by atoms with Gasteiger partial charge in [-0.15, -0.1) is 0 Å². The van der Waals surface area contributed by atoms with Gasteiger partial charge >= 0.3 is 0 Å². The summed E-state index contributed by atoms with van der Waals surface area (Å²) in [6, 6.07) is 34.5. The molecule has 1 aliphatic heterocycles. The number of carbonyl (C=O) groups is 1. The molecule has 4 aromatic rings. The fourth-order valence-corrected chi connectivity index (χ4v) is 8.27. The van der Waals surface area contributed by atoms with Crippen LogP contribution in [0.4, 0.5) is 0 Å². The second-order valence-electron chi connectivity index (χ2n) is 12.4. The molecule has 0 aromatic heterocycles. The lowest BCUT2D eigenvalue weighted by molar-refractivity contribution is -0.125. The molecule has 1 fully saturated rings. The van der Waals surface area contributed by atoms with Crippen LogP contribution in [0.15, 0.2) is 114 Å². The van der Waals surface area contributed by atoms with E-state index in [0.29, 0.717) is 24.3 Å². The highest BCUT2D eigenvalue weighted by Gasteiger charge is 2.44. The van der Waals surface area contributed by atoms with Crippen molar-refractivity contribution in [2.24, 2.45) is 5.92 Å². The second-order valence-corrected chi connectivity index (χ2v) is 14.3. The largest absolute Gasteiger partial charge is 0.493 e. The predicted octanol–water partition coefficient (Wildman–Crippen LogP) is 6.86. The average molecular weight is 655 g/mol. The lowest BCUT2D eigenvalue weighted by atomic mass is 9.96. The van der Waals surface area contributed by atoms with E-state index in [1.807, 2.05) is 54.6 Å². The normalized spacial score (nSPS) is 16.7. The molecule has 1 N–H and O–H groups in total. The van der Waals surface area contributed by atoms with Crippen LogP contribution in [0.5, 0.6) is 11.5 Å². The van der Waals surface area contributed by atoms with E-state index in [9.17, 15) is 13.2 Å². The van der Waals surface area contributed by atoms with Crippen molar-refractivity contribution < 1.29 is 22.7 Å². The number of methoxy groups -OCH3 is 2. The molecule has 0 radical (unpaired) electrons. The molecular formula is C39H46N2O5S. The summed E-state index contributed by atoms with van der Waals surface area (Å²) in [5.74, 6) is 0.538. The van der Waals surface area contributed by atoms with Crippen LogP contribution in [0.25, 0.3) is 0 Å². The van der Waals surface area contributed by atoms with Crippen LogP contribution in [-0.4, -0.2) is 51.5 Å². The minimum atomic E-state index is -4.02. The lowest BCUT2D eigenvalue weighted by Crippen LogP contribution is -2.48. The van der Waals surface area contributed by atoms with Gasteiger partial charge in [0.15, 0.2) is 11.5 Å². The first-order valence-electron chi connectivity index (χ1n) is 16.5. The molecule has 1 saturated heterocycles. The molecule has 2 atom stereocenters. The summed E-state index contributed by atoms with van der Waals surface area (Å²) >= 11 is 0.